The average molecular weight is 359 g/mol. The Labute approximate surface area is 146 Å². The predicted octanol–water partition coefficient (Wildman–Crippen LogP) is 3.99. The minimum absolute atomic E-state index is 0.217. The third kappa shape index (κ3) is 4.35. The highest BCUT2D eigenvalue weighted by Crippen LogP contribution is 2.31. The Balaban J connectivity index is 1.75. The van der Waals surface area contributed by atoms with E-state index in [-0.39, 0.29) is 11.1 Å². The van der Waals surface area contributed by atoms with E-state index < -0.39 is 17.8 Å². The maximum Gasteiger partial charge on any atom is 0.439 e. The van der Waals surface area contributed by atoms with E-state index >= 15 is 0 Å². The number of carbonyl (C=O) groups excluding carboxylic acids is 1. The molecule has 132 valence electrons. The molecule has 0 atom stereocenters. The number of ether oxygens (including phenoxy) is 1. The van der Waals surface area contributed by atoms with E-state index in [4.69, 9.17) is 4.74 Å². The smallest absolute Gasteiger partial charge is 0.409 e. The highest BCUT2D eigenvalue weighted by molar-refractivity contribution is 5.71. The first-order valence-corrected chi connectivity index (χ1v) is 7.46. The van der Waals surface area contributed by atoms with Gasteiger partial charge in [-0.2, -0.15) is 23.3 Å². The van der Waals surface area contributed by atoms with Crippen molar-refractivity contribution in [1.82, 2.24) is 9.78 Å². The third-order valence-corrected chi connectivity index (χ3v) is 3.31. The number of halogens is 3. The average Bonchev–Trinajstić information content (AvgIpc) is 2.62. The SMILES string of the molecule is O=C(N=c1ccn(-c2ccccc2)nc1)Oc1cccc(C(F)(F)F)c1. The molecule has 0 aliphatic rings. The van der Waals surface area contributed by atoms with Gasteiger partial charge in [-0.25, -0.2) is 9.48 Å². The van der Waals surface area contributed by atoms with Crippen LogP contribution < -0.4 is 10.1 Å². The molecule has 0 N–H and O–H groups in total. The molecular weight excluding hydrogens is 347 g/mol. The minimum atomic E-state index is -4.52. The number of rotatable bonds is 2. The Morgan fingerprint density at radius 2 is 1.81 bits per heavy atom. The van der Waals surface area contributed by atoms with Gasteiger partial charge in [0.15, 0.2) is 0 Å². The van der Waals surface area contributed by atoms with Crippen molar-refractivity contribution in [1.29, 1.82) is 0 Å². The molecule has 5 nitrogen and oxygen atoms in total. The number of aromatic nitrogens is 2. The fourth-order valence-corrected chi connectivity index (χ4v) is 2.11. The summed E-state index contributed by atoms with van der Waals surface area (Å²) >= 11 is 0. The molecule has 0 saturated heterocycles. The van der Waals surface area contributed by atoms with Gasteiger partial charge in [-0.05, 0) is 36.4 Å². The van der Waals surface area contributed by atoms with Gasteiger partial charge in [0, 0.05) is 6.20 Å². The molecule has 3 rings (SSSR count). The summed E-state index contributed by atoms with van der Waals surface area (Å²) in [6.07, 6.45) is -2.61. The third-order valence-electron chi connectivity index (χ3n) is 3.31. The van der Waals surface area contributed by atoms with Gasteiger partial charge in [-0.15, -0.1) is 0 Å². The molecule has 26 heavy (non-hydrogen) atoms. The molecule has 0 aliphatic heterocycles. The summed E-state index contributed by atoms with van der Waals surface area (Å²) < 4.78 is 44.4. The molecular formula is C18H12F3N3O2. The monoisotopic (exact) mass is 359 g/mol. The van der Waals surface area contributed by atoms with E-state index in [1.807, 2.05) is 30.3 Å². The number of carbonyl (C=O) groups is 1. The van der Waals surface area contributed by atoms with Gasteiger partial charge in [0.25, 0.3) is 0 Å². The van der Waals surface area contributed by atoms with Gasteiger partial charge in [-0.1, -0.05) is 24.3 Å². The lowest BCUT2D eigenvalue weighted by Gasteiger charge is -2.07. The minimum Gasteiger partial charge on any atom is -0.409 e. The highest BCUT2D eigenvalue weighted by Gasteiger charge is 2.30. The van der Waals surface area contributed by atoms with Crippen molar-refractivity contribution in [2.75, 3.05) is 0 Å². The van der Waals surface area contributed by atoms with Crippen molar-refractivity contribution in [3.05, 3.63) is 84.0 Å². The molecule has 0 bridgehead atoms. The van der Waals surface area contributed by atoms with Crippen LogP contribution in [0.25, 0.3) is 5.69 Å². The van der Waals surface area contributed by atoms with Crippen LogP contribution in [-0.4, -0.2) is 15.9 Å². The normalized spacial score (nSPS) is 12.0. The van der Waals surface area contributed by atoms with Gasteiger partial charge >= 0.3 is 12.3 Å². The van der Waals surface area contributed by atoms with E-state index in [1.165, 1.54) is 18.3 Å². The fraction of sp³-hybridized carbons (Fsp3) is 0.0556. The Kier molecular flexibility index (Phi) is 4.83. The summed E-state index contributed by atoms with van der Waals surface area (Å²) in [6.45, 7) is 0. The van der Waals surface area contributed by atoms with Crippen LogP contribution >= 0.6 is 0 Å². The predicted molar refractivity (Wildman–Crippen MR) is 86.6 cm³/mol. The number of benzene rings is 2. The largest absolute Gasteiger partial charge is 0.439 e. The second-order valence-corrected chi connectivity index (χ2v) is 5.17. The second kappa shape index (κ2) is 7.22. The van der Waals surface area contributed by atoms with Crippen LogP contribution in [0.4, 0.5) is 18.0 Å². The van der Waals surface area contributed by atoms with Crippen LogP contribution in [0.2, 0.25) is 0 Å². The number of para-hydroxylation sites is 1. The fourth-order valence-electron chi connectivity index (χ4n) is 2.11. The van der Waals surface area contributed by atoms with Gasteiger partial charge in [0.2, 0.25) is 0 Å². The van der Waals surface area contributed by atoms with Crippen LogP contribution in [0.15, 0.2) is 78.0 Å². The first-order valence-electron chi connectivity index (χ1n) is 7.46. The van der Waals surface area contributed by atoms with E-state index in [0.717, 1.165) is 23.9 Å². The molecule has 0 saturated carbocycles. The molecule has 0 unspecified atom stereocenters. The van der Waals surface area contributed by atoms with Crippen molar-refractivity contribution in [2.45, 2.75) is 6.18 Å². The van der Waals surface area contributed by atoms with Crippen molar-refractivity contribution in [3.63, 3.8) is 0 Å². The quantitative estimate of drug-likeness (QED) is 0.695. The van der Waals surface area contributed by atoms with E-state index in [2.05, 4.69) is 10.1 Å². The molecule has 8 heteroatoms. The first-order chi connectivity index (χ1) is 12.4. The molecule has 3 aromatic rings. The summed E-state index contributed by atoms with van der Waals surface area (Å²) in [5.74, 6) is -0.239. The molecule has 1 heterocycles. The van der Waals surface area contributed by atoms with Crippen molar-refractivity contribution < 1.29 is 22.7 Å². The highest BCUT2D eigenvalue weighted by atomic mass is 19.4. The van der Waals surface area contributed by atoms with Crippen LogP contribution in [0.5, 0.6) is 5.75 Å². The Bertz CT molecular complexity index is 962. The number of alkyl halides is 3. The van der Waals surface area contributed by atoms with Gasteiger partial charge in [0.05, 0.1) is 22.8 Å². The van der Waals surface area contributed by atoms with Crippen molar-refractivity contribution in [3.8, 4) is 11.4 Å². The van der Waals surface area contributed by atoms with Crippen LogP contribution in [0, 0.1) is 0 Å². The maximum absolute atomic E-state index is 12.7. The summed E-state index contributed by atoms with van der Waals surface area (Å²) in [5.41, 5.74) is -0.0846. The Morgan fingerprint density at radius 1 is 1.04 bits per heavy atom. The number of hydrogen-bond donors (Lipinski definition) is 0. The molecule has 0 spiro atoms. The lowest BCUT2D eigenvalue weighted by molar-refractivity contribution is -0.137. The van der Waals surface area contributed by atoms with Gasteiger partial charge < -0.3 is 4.74 Å². The number of nitrogens with zero attached hydrogens (tertiary/aromatic N) is 3. The lowest BCUT2D eigenvalue weighted by atomic mass is 10.2. The van der Waals surface area contributed by atoms with E-state index in [1.54, 1.807) is 10.9 Å². The summed E-state index contributed by atoms with van der Waals surface area (Å²) in [6, 6.07) is 14.8. The number of amides is 1. The topological polar surface area (TPSA) is 56.5 Å². The molecule has 2 aromatic carbocycles. The first kappa shape index (κ1) is 17.4. The summed E-state index contributed by atoms with van der Waals surface area (Å²) in [4.78, 5) is 15.5. The molecule has 0 fully saturated rings. The Hall–Kier alpha value is -3.42. The summed E-state index contributed by atoms with van der Waals surface area (Å²) in [7, 11) is 0. The van der Waals surface area contributed by atoms with Gasteiger partial charge in [-0.3, -0.25) is 0 Å². The zero-order valence-corrected chi connectivity index (χ0v) is 13.2. The molecule has 1 amide bonds. The zero-order chi connectivity index (χ0) is 18.6. The van der Waals surface area contributed by atoms with Crippen LogP contribution in [-0.2, 0) is 6.18 Å². The molecule has 1 aromatic heterocycles. The summed E-state index contributed by atoms with van der Waals surface area (Å²) in [5, 5.41) is 4.34. The van der Waals surface area contributed by atoms with Gasteiger partial charge in [0.1, 0.15) is 5.75 Å². The Morgan fingerprint density at radius 3 is 2.46 bits per heavy atom. The van der Waals surface area contributed by atoms with Crippen LogP contribution in [0.3, 0.4) is 0 Å². The van der Waals surface area contributed by atoms with Crippen molar-refractivity contribution >= 4 is 6.09 Å². The molecule has 0 aliphatic carbocycles. The van der Waals surface area contributed by atoms with E-state index in [9.17, 15) is 18.0 Å². The number of hydrogen-bond acceptors (Lipinski definition) is 3. The zero-order valence-electron chi connectivity index (χ0n) is 13.2. The maximum atomic E-state index is 12.7. The lowest BCUT2D eigenvalue weighted by Crippen LogP contribution is -2.13. The second-order valence-electron chi connectivity index (χ2n) is 5.17. The molecule has 0 radical (unpaired) electrons. The standard InChI is InChI=1S/C18H12F3N3O2/c19-18(20,21)13-5-4-8-16(11-13)26-17(25)23-14-9-10-24(22-12-14)15-6-2-1-3-7-15/h1-12H. The van der Waals surface area contributed by atoms with Crippen molar-refractivity contribution in [2.24, 2.45) is 4.99 Å². The van der Waals surface area contributed by atoms with E-state index in [0.29, 0.717) is 0 Å². The van der Waals surface area contributed by atoms with Crippen LogP contribution in [0.1, 0.15) is 5.56 Å².